The van der Waals surface area contributed by atoms with Crippen molar-refractivity contribution in [2.45, 2.75) is 38.0 Å². The van der Waals surface area contributed by atoms with E-state index >= 15 is 0 Å². The molecule has 0 aromatic heterocycles. The molecular formula is C16H22O3S. The predicted octanol–water partition coefficient (Wildman–Crippen LogP) is 3.96. The van der Waals surface area contributed by atoms with Gasteiger partial charge in [-0.15, -0.1) is 11.8 Å². The van der Waals surface area contributed by atoms with Gasteiger partial charge in [-0.1, -0.05) is 38.8 Å². The van der Waals surface area contributed by atoms with Crippen LogP contribution in [0.3, 0.4) is 0 Å². The Bertz CT molecular complexity index is 440. The van der Waals surface area contributed by atoms with Gasteiger partial charge in [0.25, 0.3) is 0 Å². The normalized spacial score (nSPS) is 11.9. The molecule has 4 heteroatoms. The van der Waals surface area contributed by atoms with Crippen LogP contribution >= 0.6 is 11.8 Å². The third kappa shape index (κ3) is 4.67. The Hall–Kier alpha value is -1.29. The number of rotatable bonds is 8. The summed E-state index contributed by atoms with van der Waals surface area (Å²) in [6.45, 7) is 4.12. The van der Waals surface area contributed by atoms with E-state index in [1.807, 2.05) is 19.1 Å². The van der Waals surface area contributed by atoms with E-state index in [4.69, 9.17) is 4.74 Å². The lowest BCUT2D eigenvalue weighted by molar-refractivity contribution is -0.143. The van der Waals surface area contributed by atoms with Gasteiger partial charge < -0.3 is 4.74 Å². The third-order valence-electron chi connectivity index (χ3n) is 3.10. The maximum atomic E-state index is 12.4. The van der Waals surface area contributed by atoms with Gasteiger partial charge in [-0.25, -0.2) is 0 Å². The fourth-order valence-corrected chi connectivity index (χ4v) is 2.65. The molecule has 0 N–H and O–H groups in total. The number of ketones is 1. The number of thioether (sulfide) groups is 1. The van der Waals surface area contributed by atoms with Crippen LogP contribution in [0.1, 0.15) is 43.5 Å². The highest BCUT2D eigenvalue weighted by Crippen LogP contribution is 2.21. The molecule has 0 fully saturated rings. The lowest BCUT2D eigenvalue weighted by Crippen LogP contribution is -2.25. The van der Waals surface area contributed by atoms with E-state index in [2.05, 4.69) is 6.92 Å². The minimum absolute atomic E-state index is 0.140. The number of Topliss-reactive ketones (excluding diaryl/α,β-unsaturated/α-hetero) is 1. The summed E-state index contributed by atoms with van der Waals surface area (Å²) in [7, 11) is 1.33. The molecule has 0 aliphatic rings. The zero-order chi connectivity index (χ0) is 15.0. The summed E-state index contributed by atoms with van der Waals surface area (Å²) in [6.07, 6.45) is 2.34. The Morgan fingerprint density at radius 2 is 1.85 bits per heavy atom. The van der Waals surface area contributed by atoms with Gasteiger partial charge in [-0.05, 0) is 24.3 Å². The number of ether oxygens (including phenoxy) is 1. The lowest BCUT2D eigenvalue weighted by Gasteiger charge is -2.13. The monoisotopic (exact) mass is 294 g/mol. The number of unbranched alkanes of at least 4 members (excludes halogenated alkanes) is 1. The number of benzene rings is 1. The van der Waals surface area contributed by atoms with Crippen LogP contribution in [-0.2, 0) is 9.53 Å². The van der Waals surface area contributed by atoms with Crippen LogP contribution in [0.2, 0.25) is 0 Å². The van der Waals surface area contributed by atoms with Crippen LogP contribution < -0.4 is 0 Å². The second-order valence-electron chi connectivity index (χ2n) is 4.54. The Kier molecular flexibility index (Phi) is 7.37. The highest BCUT2D eigenvalue weighted by Gasteiger charge is 2.27. The maximum absolute atomic E-state index is 12.4. The first-order valence-corrected chi connectivity index (χ1v) is 7.97. The Morgan fingerprint density at radius 3 is 2.35 bits per heavy atom. The highest BCUT2D eigenvalue weighted by atomic mass is 32.2. The molecule has 0 amide bonds. The SMILES string of the molecule is CCCCC(C(=O)OC)C(=O)c1ccc(SCC)cc1. The van der Waals surface area contributed by atoms with E-state index < -0.39 is 11.9 Å². The van der Waals surface area contributed by atoms with Gasteiger partial charge in [0.05, 0.1) is 7.11 Å². The Labute approximate surface area is 125 Å². The van der Waals surface area contributed by atoms with E-state index in [9.17, 15) is 9.59 Å². The highest BCUT2D eigenvalue weighted by molar-refractivity contribution is 7.99. The molecule has 1 unspecified atom stereocenters. The van der Waals surface area contributed by atoms with Gasteiger partial charge in [0, 0.05) is 10.5 Å². The van der Waals surface area contributed by atoms with E-state index in [1.54, 1.807) is 23.9 Å². The first-order valence-electron chi connectivity index (χ1n) is 6.98. The topological polar surface area (TPSA) is 43.4 Å². The van der Waals surface area contributed by atoms with Crippen LogP contribution in [0.5, 0.6) is 0 Å². The number of methoxy groups -OCH3 is 1. The van der Waals surface area contributed by atoms with Crippen LogP contribution in [-0.4, -0.2) is 24.6 Å². The number of hydrogen-bond donors (Lipinski definition) is 0. The largest absolute Gasteiger partial charge is 0.468 e. The van der Waals surface area contributed by atoms with Crippen LogP contribution in [0, 0.1) is 5.92 Å². The average molecular weight is 294 g/mol. The lowest BCUT2D eigenvalue weighted by atomic mass is 9.93. The van der Waals surface area contributed by atoms with Gasteiger partial charge >= 0.3 is 5.97 Å². The molecule has 0 radical (unpaired) electrons. The summed E-state index contributed by atoms with van der Waals surface area (Å²) in [4.78, 5) is 25.3. The molecule has 3 nitrogen and oxygen atoms in total. The van der Waals surface area contributed by atoms with E-state index in [0.717, 1.165) is 23.5 Å². The van der Waals surface area contributed by atoms with Gasteiger partial charge in [0.1, 0.15) is 5.92 Å². The summed E-state index contributed by atoms with van der Waals surface area (Å²) in [5, 5.41) is 0. The molecule has 1 rings (SSSR count). The fourth-order valence-electron chi connectivity index (χ4n) is 1.99. The van der Waals surface area contributed by atoms with Gasteiger partial charge in [0.2, 0.25) is 0 Å². The molecule has 110 valence electrons. The molecule has 1 atom stereocenters. The Morgan fingerprint density at radius 1 is 1.20 bits per heavy atom. The van der Waals surface area contributed by atoms with Gasteiger partial charge in [-0.2, -0.15) is 0 Å². The number of esters is 1. The number of carbonyl (C=O) groups is 2. The van der Waals surface area contributed by atoms with Crippen molar-refractivity contribution in [3.8, 4) is 0 Å². The van der Waals surface area contributed by atoms with Crippen LogP contribution in [0.4, 0.5) is 0 Å². The summed E-state index contributed by atoms with van der Waals surface area (Å²) in [5.74, 6) is -0.257. The Balaban J connectivity index is 2.84. The van der Waals surface area contributed by atoms with Crippen molar-refractivity contribution in [1.82, 2.24) is 0 Å². The molecule has 0 saturated carbocycles. The first kappa shape index (κ1) is 16.8. The van der Waals surface area contributed by atoms with E-state index in [-0.39, 0.29) is 5.78 Å². The minimum atomic E-state index is -0.676. The van der Waals surface area contributed by atoms with Crippen molar-refractivity contribution >= 4 is 23.5 Å². The van der Waals surface area contributed by atoms with E-state index in [0.29, 0.717) is 12.0 Å². The maximum Gasteiger partial charge on any atom is 0.316 e. The molecule has 0 bridgehead atoms. The molecule has 20 heavy (non-hydrogen) atoms. The third-order valence-corrected chi connectivity index (χ3v) is 3.99. The zero-order valence-corrected chi connectivity index (χ0v) is 13.2. The number of hydrogen-bond acceptors (Lipinski definition) is 4. The molecule has 0 heterocycles. The average Bonchev–Trinajstić information content (AvgIpc) is 2.48. The van der Waals surface area contributed by atoms with Crippen LogP contribution in [0.15, 0.2) is 29.2 Å². The van der Waals surface area contributed by atoms with Crippen molar-refractivity contribution in [3.05, 3.63) is 29.8 Å². The summed E-state index contributed by atoms with van der Waals surface area (Å²) < 4.78 is 4.75. The number of carbonyl (C=O) groups excluding carboxylic acids is 2. The zero-order valence-electron chi connectivity index (χ0n) is 12.3. The van der Waals surface area contributed by atoms with E-state index in [1.165, 1.54) is 7.11 Å². The summed E-state index contributed by atoms with van der Waals surface area (Å²) in [5.41, 5.74) is 0.581. The van der Waals surface area contributed by atoms with Crippen molar-refractivity contribution < 1.29 is 14.3 Å². The van der Waals surface area contributed by atoms with Crippen LogP contribution in [0.25, 0.3) is 0 Å². The van der Waals surface area contributed by atoms with Crippen molar-refractivity contribution in [2.75, 3.05) is 12.9 Å². The quantitative estimate of drug-likeness (QED) is 0.315. The summed E-state index contributed by atoms with van der Waals surface area (Å²) >= 11 is 1.73. The second kappa shape index (κ2) is 8.80. The molecule has 0 aliphatic heterocycles. The molecule has 0 aliphatic carbocycles. The molecule has 0 saturated heterocycles. The smallest absolute Gasteiger partial charge is 0.316 e. The molecular weight excluding hydrogens is 272 g/mol. The second-order valence-corrected chi connectivity index (χ2v) is 5.88. The molecule has 0 spiro atoms. The van der Waals surface area contributed by atoms with Crippen molar-refractivity contribution in [2.24, 2.45) is 5.92 Å². The summed E-state index contributed by atoms with van der Waals surface area (Å²) in [6, 6.07) is 7.44. The molecule has 1 aromatic rings. The molecule has 1 aromatic carbocycles. The van der Waals surface area contributed by atoms with Crippen molar-refractivity contribution in [3.63, 3.8) is 0 Å². The van der Waals surface area contributed by atoms with Gasteiger partial charge in [0.15, 0.2) is 5.78 Å². The standard InChI is InChI=1S/C16H22O3S/c1-4-6-7-14(16(18)19-3)15(17)12-8-10-13(11-9-12)20-5-2/h8-11,14H,4-7H2,1-3H3. The van der Waals surface area contributed by atoms with Crippen molar-refractivity contribution in [1.29, 1.82) is 0 Å². The van der Waals surface area contributed by atoms with Gasteiger partial charge in [-0.3, -0.25) is 9.59 Å². The predicted molar refractivity (Wildman–Crippen MR) is 82.2 cm³/mol. The fraction of sp³-hybridized carbons (Fsp3) is 0.500. The first-order chi connectivity index (χ1) is 9.63. The minimum Gasteiger partial charge on any atom is -0.468 e.